The van der Waals surface area contributed by atoms with Crippen LogP contribution in [0.1, 0.15) is 47.3 Å². The molecule has 0 spiro atoms. The summed E-state index contributed by atoms with van der Waals surface area (Å²) in [5.74, 6) is 0.241. The first kappa shape index (κ1) is 14.3. The number of carbonyl (C=O) groups excluding carboxylic acids is 1. The van der Waals surface area contributed by atoms with E-state index in [4.69, 9.17) is 0 Å². The van der Waals surface area contributed by atoms with E-state index in [-0.39, 0.29) is 12.5 Å². The predicted octanol–water partition coefficient (Wildman–Crippen LogP) is 2.07. The van der Waals surface area contributed by atoms with Gasteiger partial charge in [-0.1, -0.05) is 13.0 Å². The molecule has 1 unspecified atom stereocenters. The average molecular weight is 291 g/mol. The molecule has 1 aliphatic heterocycles. The molecule has 1 atom stereocenters. The average Bonchev–Trinajstić information content (AvgIpc) is 2.77. The maximum atomic E-state index is 12.4. The van der Waals surface area contributed by atoms with Gasteiger partial charge in [0.25, 0.3) is 5.91 Å². The van der Waals surface area contributed by atoms with Crippen LogP contribution in [0.4, 0.5) is 4.39 Å². The van der Waals surface area contributed by atoms with Gasteiger partial charge in [0.15, 0.2) is 0 Å². The van der Waals surface area contributed by atoms with E-state index in [1.807, 2.05) is 6.20 Å². The minimum Gasteiger partial charge on any atom is -0.349 e. The summed E-state index contributed by atoms with van der Waals surface area (Å²) >= 11 is 0. The highest BCUT2D eigenvalue weighted by atomic mass is 19.1. The third-order valence-corrected chi connectivity index (χ3v) is 4.44. The van der Waals surface area contributed by atoms with Crippen molar-refractivity contribution >= 4 is 11.5 Å². The molecule has 0 bridgehead atoms. The van der Waals surface area contributed by atoms with Gasteiger partial charge < -0.3 is 15.2 Å². The van der Waals surface area contributed by atoms with E-state index in [0.717, 1.165) is 43.6 Å². The summed E-state index contributed by atoms with van der Waals surface area (Å²) in [4.78, 5) is 12.4. The van der Waals surface area contributed by atoms with Gasteiger partial charge in [0, 0.05) is 38.1 Å². The largest absolute Gasteiger partial charge is 0.349 e. The van der Waals surface area contributed by atoms with Crippen molar-refractivity contribution in [3.05, 3.63) is 29.1 Å². The topological polar surface area (TPSA) is 46.1 Å². The van der Waals surface area contributed by atoms with Gasteiger partial charge >= 0.3 is 0 Å². The maximum absolute atomic E-state index is 12.4. The molecule has 21 heavy (non-hydrogen) atoms. The molecule has 0 aromatic carbocycles. The molecule has 4 nitrogen and oxygen atoms in total. The van der Waals surface area contributed by atoms with Crippen LogP contribution in [0.25, 0.3) is 5.57 Å². The highest BCUT2D eigenvalue weighted by Gasteiger charge is 2.30. The van der Waals surface area contributed by atoms with Gasteiger partial charge in [-0.2, -0.15) is 0 Å². The van der Waals surface area contributed by atoms with Gasteiger partial charge in [-0.3, -0.25) is 4.79 Å². The predicted molar refractivity (Wildman–Crippen MR) is 81.2 cm³/mol. The van der Waals surface area contributed by atoms with E-state index in [1.54, 1.807) is 0 Å². The monoisotopic (exact) mass is 291 g/mol. The van der Waals surface area contributed by atoms with Crippen LogP contribution in [0, 0.1) is 0 Å². The van der Waals surface area contributed by atoms with Crippen molar-refractivity contribution in [1.82, 2.24) is 15.2 Å². The molecular weight excluding hydrogens is 269 g/mol. The molecule has 3 rings (SSSR count). The summed E-state index contributed by atoms with van der Waals surface area (Å²) < 4.78 is 14.5. The fourth-order valence-electron chi connectivity index (χ4n) is 3.40. The number of nitrogens with one attached hydrogen (secondary N) is 2. The van der Waals surface area contributed by atoms with Crippen LogP contribution in [-0.4, -0.2) is 36.8 Å². The Morgan fingerprint density at radius 3 is 3.19 bits per heavy atom. The molecule has 2 aliphatic rings. The molecule has 1 aromatic rings. The minimum absolute atomic E-state index is 0.0832. The SMILES string of the molecule is CCC1CC=C2CNCCn3cc(C(=O)NCCF)c1c32. The van der Waals surface area contributed by atoms with E-state index in [1.165, 1.54) is 11.3 Å². The van der Waals surface area contributed by atoms with Crippen LogP contribution in [0.3, 0.4) is 0 Å². The van der Waals surface area contributed by atoms with Gasteiger partial charge in [0.05, 0.1) is 5.56 Å². The summed E-state index contributed by atoms with van der Waals surface area (Å²) in [5.41, 5.74) is 4.40. The first-order chi connectivity index (χ1) is 10.3. The van der Waals surface area contributed by atoms with Crippen molar-refractivity contribution in [2.24, 2.45) is 0 Å². The van der Waals surface area contributed by atoms with E-state index < -0.39 is 6.67 Å². The first-order valence-corrected chi connectivity index (χ1v) is 7.73. The molecule has 5 heteroatoms. The lowest BCUT2D eigenvalue weighted by atomic mass is 9.83. The fourth-order valence-corrected chi connectivity index (χ4v) is 3.40. The van der Waals surface area contributed by atoms with Crippen molar-refractivity contribution in [3.63, 3.8) is 0 Å². The molecule has 114 valence electrons. The molecule has 0 radical (unpaired) electrons. The van der Waals surface area contributed by atoms with Crippen LogP contribution in [0.5, 0.6) is 0 Å². The Kier molecular flexibility index (Phi) is 4.10. The Hall–Kier alpha value is -1.62. The highest BCUT2D eigenvalue weighted by Crippen LogP contribution is 2.40. The fraction of sp³-hybridized carbons (Fsp3) is 0.562. The standard InChI is InChI=1S/C16H22FN3O/c1-2-11-3-4-12-9-18-7-8-20-10-13(14(11)15(12)20)16(21)19-6-5-17/h4,10-11,18H,2-3,5-9H2,1H3,(H,19,21). The molecule has 1 aromatic heterocycles. The Morgan fingerprint density at radius 1 is 1.57 bits per heavy atom. The lowest BCUT2D eigenvalue weighted by Crippen LogP contribution is -2.27. The van der Waals surface area contributed by atoms with Gasteiger partial charge in [0.2, 0.25) is 0 Å². The number of halogens is 1. The molecule has 0 saturated heterocycles. The Morgan fingerprint density at radius 2 is 2.43 bits per heavy atom. The number of nitrogens with zero attached hydrogens (tertiary/aromatic N) is 1. The smallest absolute Gasteiger partial charge is 0.253 e. The zero-order valence-electron chi connectivity index (χ0n) is 12.4. The summed E-state index contributed by atoms with van der Waals surface area (Å²) in [6.07, 6.45) is 6.24. The molecule has 2 N–H and O–H groups in total. The second-order valence-electron chi connectivity index (χ2n) is 5.69. The van der Waals surface area contributed by atoms with Gasteiger partial charge in [0.1, 0.15) is 6.67 Å². The van der Waals surface area contributed by atoms with Crippen LogP contribution < -0.4 is 10.6 Å². The molecule has 2 heterocycles. The Balaban J connectivity index is 2.05. The molecule has 0 saturated carbocycles. The molecular formula is C16H22FN3O. The van der Waals surface area contributed by atoms with Crippen LogP contribution in [0.2, 0.25) is 0 Å². The summed E-state index contributed by atoms with van der Waals surface area (Å²) in [6.45, 7) is 4.35. The quantitative estimate of drug-likeness (QED) is 0.892. The zero-order chi connectivity index (χ0) is 14.8. The van der Waals surface area contributed by atoms with Gasteiger partial charge in [-0.05, 0) is 29.9 Å². The summed E-state index contributed by atoms with van der Waals surface area (Å²) in [7, 11) is 0. The number of rotatable bonds is 4. The lowest BCUT2D eigenvalue weighted by Gasteiger charge is -2.23. The van der Waals surface area contributed by atoms with Crippen molar-refractivity contribution in [3.8, 4) is 0 Å². The van der Waals surface area contributed by atoms with E-state index >= 15 is 0 Å². The number of aromatic nitrogens is 1. The minimum atomic E-state index is -0.527. The van der Waals surface area contributed by atoms with Crippen molar-refractivity contribution < 1.29 is 9.18 Å². The third kappa shape index (κ3) is 2.50. The van der Waals surface area contributed by atoms with Crippen LogP contribution in [0.15, 0.2) is 12.3 Å². The second kappa shape index (κ2) is 6.02. The van der Waals surface area contributed by atoms with Crippen molar-refractivity contribution in [2.75, 3.05) is 26.3 Å². The number of alkyl halides is 1. The van der Waals surface area contributed by atoms with Crippen LogP contribution >= 0.6 is 0 Å². The van der Waals surface area contributed by atoms with Gasteiger partial charge in [-0.15, -0.1) is 0 Å². The number of allylic oxidation sites excluding steroid dienone is 1. The van der Waals surface area contributed by atoms with Crippen molar-refractivity contribution in [1.29, 1.82) is 0 Å². The number of hydrogen-bond donors (Lipinski definition) is 2. The normalized spacial score (nSPS) is 20.5. The number of hydrogen-bond acceptors (Lipinski definition) is 2. The second-order valence-corrected chi connectivity index (χ2v) is 5.69. The third-order valence-electron chi connectivity index (χ3n) is 4.44. The molecule has 1 aliphatic carbocycles. The Labute approximate surface area is 124 Å². The van der Waals surface area contributed by atoms with E-state index in [2.05, 4.69) is 28.2 Å². The first-order valence-electron chi connectivity index (χ1n) is 7.73. The van der Waals surface area contributed by atoms with E-state index in [0.29, 0.717) is 5.92 Å². The summed E-state index contributed by atoms with van der Waals surface area (Å²) in [5, 5.41) is 6.09. The number of amides is 1. The zero-order valence-corrected chi connectivity index (χ0v) is 12.4. The lowest BCUT2D eigenvalue weighted by molar-refractivity contribution is 0.0949. The summed E-state index contributed by atoms with van der Waals surface area (Å²) in [6, 6.07) is 0. The number of carbonyl (C=O) groups is 1. The van der Waals surface area contributed by atoms with Crippen LogP contribution in [-0.2, 0) is 6.54 Å². The maximum Gasteiger partial charge on any atom is 0.253 e. The molecule has 1 amide bonds. The molecule has 0 fully saturated rings. The van der Waals surface area contributed by atoms with E-state index in [9.17, 15) is 9.18 Å². The van der Waals surface area contributed by atoms with Gasteiger partial charge in [-0.25, -0.2) is 4.39 Å². The van der Waals surface area contributed by atoms with Crippen molar-refractivity contribution in [2.45, 2.75) is 32.2 Å². The Bertz CT molecular complexity index is 576. The highest BCUT2D eigenvalue weighted by molar-refractivity contribution is 5.97.